The van der Waals surface area contributed by atoms with Gasteiger partial charge in [-0.1, -0.05) is 25.0 Å². The van der Waals surface area contributed by atoms with Crippen LogP contribution in [0.3, 0.4) is 0 Å². The first-order chi connectivity index (χ1) is 9.16. The Kier molecular flexibility index (Phi) is 4.28. The first-order valence-electron chi connectivity index (χ1n) is 6.39. The minimum absolute atomic E-state index is 0.00687. The number of nitro groups is 1. The molecule has 1 N–H and O–H groups in total. The van der Waals surface area contributed by atoms with Gasteiger partial charge in [-0.05, 0) is 25.0 Å². The van der Waals surface area contributed by atoms with E-state index in [4.69, 9.17) is 0 Å². The van der Waals surface area contributed by atoms with Gasteiger partial charge in [0.25, 0.3) is 5.69 Å². The molecule has 5 nitrogen and oxygen atoms in total. The highest BCUT2D eigenvalue weighted by molar-refractivity contribution is 5.92. The number of hydrogen-bond acceptors (Lipinski definition) is 3. The molecular formula is C14H16N2O3. The lowest BCUT2D eigenvalue weighted by Gasteiger charge is -2.08. The van der Waals surface area contributed by atoms with E-state index in [9.17, 15) is 14.9 Å². The molecule has 0 heterocycles. The number of benzene rings is 1. The van der Waals surface area contributed by atoms with E-state index in [0.29, 0.717) is 5.56 Å². The van der Waals surface area contributed by atoms with Crippen molar-refractivity contribution in [1.29, 1.82) is 0 Å². The van der Waals surface area contributed by atoms with Crippen LogP contribution in [-0.4, -0.2) is 16.9 Å². The Balaban J connectivity index is 2.01. The largest absolute Gasteiger partial charge is 0.350 e. The summed E-state index contributed by atoms with van der Waals surface area (Å²) in [6, 6.07) is 6.62. The number of nitrogens with one attached hydrogen (secondary N) is 1. The van der Waals surface area contributed by atoms with Crippen molar-refractivity contribution in [3.8, 4) is 0 Å². The molecule has 1 saturated carbocycles. The van der Waals surface area contributed by atoms with Gasteiger partial charge in [0.1, 0.15) is 0 Å². The zero-order valence-corrected chi connectivity index (χ0v) is 10.5. The van der Waals surface area contributed by atoms with E-state index in [1.54, 1.807) is 18.2 Å². The van der Waals surface area contributed by atoms with Gasteiger partial charge in [0.05, 0.1) is 10.5 Å². The average molecular weight is 260 g/mol. The lowest BCUT2D eigenvalue weighted by Crippen LogP contribution is -2.30. The van der Waals surface area contributed by atoms with Gasteiger partial charge in [-0.2, -0.15) is 0 Å². The Morgan fingerprint density at radius 3 is 2.68 bits per heavy atom. The van der Waals surface area contributed by atoms with Crippen LogP contribution < -0.4 is 5.32 Å². The topological polar surface area (TPSA) is 72.2 Å². The third-order valence-corrected chi connectivity index (χ3v) is 3.25. The van der Waals surface area contributed by atoms with E-state index in [-0.39, 0.29) is 17.6 Å². The minimum Gasteiger partial charge on any atom is -0.350 e. The molecule has 0 radical (unpaired) electrons. The Bertz CT molecular complexity index is 505. The van der Waals surface area contributed by atoms with Gasteiger partial charge in [0, 0.05) is 18.2 Å². The molecule has 0 unspecified atom stereocenters. The maximum absolute atomic E-state index is 11.7. The van der Waals surface area contributed by atoms with Gasteiger partial charge in [0.15, 0.2) is 0 Å². The summed E-state index contributed by atoms with van der Waals surface area (Å²) in [5, 5.41) is 13.7. The second-order valence-corrected chi connectivity index (χ2v) is 4.64. The predicted molar refractivity (Wildman–Crippen MR) is 72.5 cm³/mol. The zero-order valence-electron chi connectivity index (χ0n) is 10.5. The summed E-state index contributed by atoms with van der Waals surface area (Å²) in [4.78, 5) is 22.1. The second kappa shape index (κ2) is 6.13. The van der Waals surface area contributed by atoms with Crippen molar-refractivity contribution in [3.05, 3.63) is 46.0 Å². The molecule has 5 heteroatoms. The van der Waals surface area contributed by atoms with Crippen LogP contribution in [-0.2, 0) is 4.79 Å². The summed E-state index contributed by atoms with van der Waals surface area (Å²) in [6.07, 6.45) is 7.19. The van der Waals surface area contributed by atoms with Gasteiger partial charge in [-0.15, -0.1) is 0 Å². The van der Waals surface area contributed by atoms with E-state index in [0.717, 1.165) is 25.7 Å². The summed E-state index contributed by atoms with van der Waals surface area (Å²) in [6.45, 7) is 0. The molecule has 1 aliphatic rings. The van der Waals surface area contributed by atoms with E-state index < -0.39 is 4.92 Å². The van der Waals surface area contributed by atoms with E-state index in [1.165, 1.54) is 18.2 Å². The highest BCUT2D eigenvalue weighted by Gasteiger charge is 2.16. The molecule has 0 spiro atoms. The van der Waals surface area contributed by atoms with Crippen molar-refractivity contribution in [2.45, 2.75) is 31.7 Å². The van der Waals surface area contributed by atoms with Gasteiger partial charge < -0.3 is 5.32 Å². The summed E-state index contributed by atoms with van der Waals surface area (Å²) in [7, 11) is 0. The quantitative estimate of drug-likeness (QED) is 0.514. The lowest BCUT2D eigenvalue weighted by atomic mass is 10.1. The normalized spacial score (nSPS) is 15.8. The molecule has 0 atom stereocenters. The van der Waals surface area contributed by atoms with Crippen molar-refractivity contribution >= 4 is 17.7 Å². The standard InChI is InChI=1S/C14H16N2O3/c17-14(15-12-6-2-3-7-12)10-9-11-5-1-4-8-13(11)16(18)19/h1,4-5,8-10,12H,2-3,6-7H2,(H,15,17)/b10-9+. The van der Waals surface area contributed by atoms with Crippen LogP contribution >= 0.6 is 0 Å². The molecule has 1 aromatic rings. The SMILES string of the molecule is O=C(/C=C/c1ccccc1[N+](=O)[O-])NC1CCCC1. The summed E-state index contributed by atoms with van der Waals surface area (Å²) < 4.78 is 0. The van der Waals surface area contributed by atoms with Crippen LogP contribution in [0, 0.1) is 10.1 Å². The molecule has 19 heavy (non-hydrogen) atoms. The van der Waals surface area contributed by atoms with Gasteiger partial charge in [0.2, 0.25) is 5.91 Å². The number of rotatable bonds is 4. The maximum atomic E-state index is 11.7. The number of hydrogen-bond donors (Lipinski definition) is 1. The maximum Gasteiger partial charge on any atom is 0.276 e. The molecule has 0 aliphatic heterocycles. The molecule has 0 aromatic heterocycles. The molecule has 100 valence electrons. The van der Waals surface area contributed by atoms with E-state index >= 15 is 0 Å². The summed E-state index contributed by atoms with van der Waals surface area (Å²) >= 11 is 0. The third kappa shape index (κ3) is 3.64. The molecule has 1 aliphatic carbocycles. The number of nitrogens with zero attached hydrogens (tertiary/aromatic N) is 1. The van der Waals surface area contributed by atoms with Crippen molar-refractivity contribution < 1.29 is 9.72 Å². The minimum atomic E-state index is -0.450. The van der Waals surface area contributed by atoms with Gasteiger partial charge in [-0.25, -0.2) is 0 Å². The lowest BCUT2D eigenvalue weighted by molar-refractivity contribution is -0.385. The third-order valence-electron chi connectivity index (χ3n) is 3.25. The second-order valence-electron chi connectivity index (χ2n) is 4.64. The van der Waals surface area contributed by atoms with Crippen LogP contribution in [0.25, 0.3) is 6.08 Å². The Labute approximate surface area is 111 Å². The highest BCUT2D eigenvalue weighted by Crippen LogP contribution is 2.19. The molecule has 1 aromatic carbocycles. The molecule has 1 fully saturated rings. The monoisotopic (exact) mass is 260 g/mol. The van der Waals surface area contributed by atoms with Gasteiger partial charge in [-0.3, -0.25) is 14.9 Å². The number of amides is 1. The Hall–Kier alpha value is -2.17. The van der Waals surface area contributed by atoms with Crippen molar-refractivity contribution in [2.75, 3.05) is 0 Å². The average Bonchev–Trinajstić information content (AvgIpc) is 2.89. The fourth-order valence-electron chi connectivity index (χ4n) is 2.28. The van der Waals surface area contributed by atoms with Crippen molar-refractivity contribution in [1.82, 2.24) is 5.32 Å². The summed E-state index contributed by atoms with van der Waals surface area (Å²) in [5.74, 6) is -0.190. The Morgan fingerprint density at radius 1 is 1.32 bits per heavy atom. The smallest absolute Gasteiger partial charge is 0.276 e. The first kappa shape index (κ1) is 13.3. The highest BCUT2D eigenvalue weighted by atomic mass is 16.6. The molecule has 0 bridgehead atoms. The fourth-order valence-corrected chi connectivity index (χ4v) is 2.28. The molecular weight excluding hydrogens is 244 g/mol. The number of para-hydroxylation sites is 1. The van der Waals surface area contributed by atoms with E-state index in [1.807, 2.05) is 0 Å². The van der Waals surface area contributed by atoms with Crippen LogP contribution in [0.5, 0.6) is 0 Å². The zero-order chi connectivity index (χ0) is 13.7. The first-order valence-corrected chi connectivity index (χ1v) is 6.39. The molecule has 2 rings (SSSR count). The number of carbonyl (C=O) groups excluding carboxylic acids is 1. The fraction of sp³-hybridized carbons (Fsp3) is 0.357. The van der Waals surface area contributed by atoms with Crippen molar-refractivity contribution in [3.63, 3.8) is 0 Å². The number of nitro benzene ring substituents is 1. The van der Waals surface area contributed by atoms with Crippen LogP contribution in [0.1, 0.15) is 31.2 Å². The number of carbonyl (C=O) groups is 1. The van der Waals surface area contributed by atoms with E-state index in [2.05, 4.69) is 5.32 Å². The summed E-state index contributed by atoms with van der Waals surface area (Å²) in [5.41, 5.74) is 0.446. The molecule has 1 amide bonds. The predicted octanol–water partition coefficient (Wildman–Crippen LogP) is 2.67. The van der Waals surface area contributed by atoms with Gasteiger partial charge >= 0.3 is 0 Å². The van der Waals surface area contributed by atoms with Crippen LogP contribution in [0.4, 0.5) is 5.69 Å². The van der Waals surface area contributed by atoms with Crippen LogP contribution in [0.2, 0.25) is 0 Å². The molecule has 0 saturated heterocycles. The Morgan fingerprint density at radius 2 is 2.00 bits per heavy atom. The van der Waals surface area contributed by atoms with Crippen molar-refractivity contribution in [2.24, 2.45) is 0 Å². The van der Waals surface area contributed by atoms with Crippen LogP contribution in [0.15, 0.2) is 30.3 Å².